The molecule has 4 nitrogen and oxygen atoms in total. The van der Waals surface area contributed by atoms with E-state index in [1.807, 2.05) is 6.07 Å². The maximum absolute atomic E-state index is 10.5. The van der Waals surface area contributed by atoms with Gasteiger partial charge < -0.3 is 5.11 Å². The Hall–Kier alpha value is -1.97. The summed E-state index contributed by atoms with van der Waals surface area (Å²) in [6, 6.07) is 1.87. The van der Waals surface area contributed by atoms with Crippen molar-refractivity contribution in [3.63, 3.8) is 0 Å². The molecule has 0 radical (unpaired) electrons. The van der Waals surface area contributed by atoms with E-state index >= 15 is 0 Å². The molecule has 0 aromatic carbocycles. The molecule has 0 aliphatic carbocycles. The zero-order chi connectivity index (χ0) is 10.7. The third-order valence-corrected chi connectivity index (χ3v) is 2.25. The number of pyridine rings is 2. The Labute approximate surface area is 86.6 Å². The van der Waals surface area contributed by atoms with Gasteiger partial charge in [0.15, 0.2) is 0 Å². The molecular formula is C11H10N2O2. The maximum atomic E-state index is 10.5. The second kappa shape index (κ2) is 4.04. The Balaban J connectivity index is 2.38. The molecule has 0 bridgehead atoms. The molecule has 15 heavy (non-hydrogen) atoms. The van der Waals surface area contributed by atoms with Crippen molar-refractivity contribution < 1.29 is 9.90 Å². The van der Waals surface area contributed by atoms with Gasteiger partial charge in [0, 0.05) is 42.0 Å². The number of aromatic nitrogens is 2. The van der Waals surface area contributed by atoms with Crippen LogP contribution in [0.15, 0.2) is 30.9 Å². The van der Waals surface area contributed by atoms with Gasteiger partial charge in [-0.25, -0.2) is 0 Å². The van der Waals surface area contributed by atoms with Crippen molar-refractivity contribution in [2.75, 3.05) is 0 Å². The molecule has 0 saturated heterocycles. The van der Waals surface area contributed by atoms with Crippen LogP contribution in [0, 0.1) is 0 Å². The molecule has 0 aliphatic heterocycles. The van der Waals surface area contributed by atoms with Crippen LogP contribution in [0.5, 0.6) is 0 Å². The first-order chi connectivity index (χ1) is 7.27. The summed E-state index contributed by atoms with van der Waals surface area (Å²) < 4.78 is 0. The van der Waals surface area contributed by atoms with Crippen LogP contribution < -0.4 is 0 Å². The molecule has 2 aromatic rings. The minimum Gasteiger partial charge on any atom is -0.481 e. The van der Waals surface area contributed by atoms with Crippen LogP contribution >= 0.6 is 0 Å². The van der Waals surface area contributed by atoms with Gasteiger partial charge in [-0.3, -0.25) is 14.8 Å². The number of carboxylic acid groups (broad SMARTS) is 1. The Morgan fingerprint density at radius 3 is 2.93 bits per heavy atom. The zero-order valence-corrected chi connectivity index (χ0v) is 8.05. The van der Waals surface area contributed by atoms with Gasteiger partial charge in [0.05, 0.1) is 0 Å². The summed E-state index contributed by atoms with van der Waals surface area (Å²) in [4.78, 5) is 18.6. The highest BCUT2D eigenvalue weighted by molar-refractivity contribution is 5.84. The Morgan fingerprint density at radius 1 is 1.27 bits per heavy atom. The van der Waals surface area contributed by atoms with E-state index in [1.54, 1.807) is 24.8 Å². The lowest BCUT2D eigenvalue weighted by atomic mass is 10.1. The molecule has 0 unspecified atom stereocenters. The van der Waals surface area contributed by atoms with E-state index < -0.39 is 5.97 Å². The van der Waals surface area contributed by atoms with Crippen LogP contribution in [-0.2, 0) is 11.2 Å². The van der Waals surface area contributed by atoms with Crippen LogP contribution in [0.2, 0.25) is 0 Å². The van der Waals surface area contributed by atoms with Crippen LogP contribution in [-0.4, -0.2) is 21.0 Å². The molecule has 4 heteroatoms. The first-order valence-electron chi connectivity index (χ1n) is 4.66. The van der Waals surface area contributed by atoms with Crippen molar-refractivity contribution in [1.29, 1.82) is 0 Å². The predicted molar refractivity (Wildman–Crippen MR) is 55.5 cm³/mol. The van der Waals surface area contributed by atoms with Crippen LogP contribution in [0.3, 0.4) is 0 Å². The van der Waals surface area contributed by atoms with E-state index in [4.69, 9.17) is 5.11 Å². The maximum Gasteiger partial charge on any atom is 0.303 e. The molecule has 76 valence electrons. The molecule has 2 aromatic heterocycles. The Bertz CT molecular complexity index is 491. The Morgan fingerprint density at radius 2 is 2.13 bits per heavy atom. The molecule has 2 heterocycles. The minimum absolute atomic E-state index is 0.121. The number of fused-ring (bicyclic) bond motifs is 1. The zero-order valence-electron chi connectivity index (χ0n) is 8.05. The molecule has 1 N–H and O–H groups in total. The van der Waals surface area contributed by atoms with Crippen molar-refractivity contribution in [3.8, 4) is 0 Å². The van der Waals surface area contributed by atoms with E-state index in [1.165, 1.54) is 0 Å². The van der Waals surface area contributed by atoms with Gasteiger partial charge in [0.1, 0.15) is 0 Å². The fourth-order valence-electron chi connectivity index (χ4n) is 1.50. The van der Waals surface area contributed by atoms with E-state index in [9.17, 15) is 4.79 Å². The number of aryl methyl sites for hydroxylation is 1. The quantitative estimate of drug-likeness (QED) is 0.821. The smallest absolute Gasteiger partial charge is 0.303 e. The molecule has 0 saturated carbocycles. The normalized spacial score (nSPS) is 10.4. The number of aliphatic carboxylic acids is 1. The lowest BCUT2D eigenvalue weighted by molar-refractivity contribution is -0.136. The van der Waals surface area contributed by atoms with Gasteiger partial charge in [0.25, 0.3) is 0 Å². The monoisotopic (exact) mass is 202 g/mol. The van der Waals surface area contributed by atoms with E-state index in [2.05, 4.69) is 9.97 Å². The number of carbonyl (C=O) groups is 1. The topological polar surface area (TPSA) is 63.1 Å². The summed E-state index contributed by atoms with van der Waals surface area (Å²) in [5.41, 5.74) is 0.933. The number of carboxylic acids is 1. The van der Waals surface area contributed by atoms with Gasteiger partial charge >= 0.3 is 5.97 Å². The van der Waals surface area contributed by atoms with Crippen LogP contribution in [0.4, 0.5) is 0 Å². The van der Waals surface area contributed by atoms with Gasteiger partial charge in [-0.2, -0.15) is 0 Å². The Kier molecular flexibility index (Phi) is 2.58. The largest absolute Gasteiger partial charge is 0.481 e. The lowest BCUT2D eigenvalue weighted by Gasteiger charge is -2.03. The summed E-state index contributed by atoms with van der Waals surface area (Å²) in [5, 5.41) is 10.6. The van der Waals surface area contributed by atoms with Gasteiger partial charge in [-0.15, -0.1) is 0 Å². The van der Waals surface area contributed by atoms with Crippen molar-refractivity contribution >= 4 is 16.7 Å². The number of hydrogen-bond acceptors (Lipinski definition) is 3. The van der Waals surface area contributed by atoms with Gasteiger partial charge in [-0.1, -0.05) is 0 Å². The average molecular weight is 202 g/mol. The highest BCUT2D eigenvalue weighted by Crippen LogP contribution is 2.16. The van der Waals surface area contributed by atoms with Gasteiger partial charge in [-0.05, 0) is 18.1 Å². The average Bonchev–Trinajstić information content (AvgIpc) is 2.26. The third-order valence-electron chi connectivity index (χ3n) is 2.25. The second-order valence-corrected chi connectivity index (χ2v) is 3.29. The van der Waals surface area contributed by atoms with Gasteiger partial charge in [0.2, 0.25) is 0 Å². The SMILES string of the molecule is O=C(O)CCc1cncc2ccncc12. The highest BCUT2D eigenvalue weighted by atomic mass is 16.4. The molecule has 2 rings (SSSR count). The summed E-state index contributed by atoms with van der Waals surface area (Å²) in [6.07, 6.45) is 7.51. The van der Waals surface area contributed by atoms with Crippen molar-refractivity contribution in [2.45, 2.75) is 12.8 Å². The lowest BCUT2D eigenvalue weighted by Crippen LogP contribution is -1.98. The van der Waals surface area contributed by atoms with Crippen molar-refractivity contribution in [2.24, 2.45) is 0 Å². The van der Waals surface area contributed by atoms with E-state index in [0.29, 0.717) is 6.42 Å². The molecule has 0 spiro atoms. The van der Waals surface area contributed by atoms with Crippen LogP contribution in [0.1, 0.15) is 12.0 Å². The fraction of sp³-hybridized carbons (Fsp3) is 0.182. The standard InChI is InChI=1S/C11H10N2O2/c14-11(15)2-1-8-5-13-6-9-3-4-12-7-10(8)9/h3-7H,1-2H2,(H,14,15). The summed E-state index contributed by atoms with van der Waals surface area (Å²) in [5.74, 6) is -0.795. The second-order valence-electron chi connectivity index (χ2n) is 3.29. The minimum atomic E-state index is -0.795. The number of hydrogen-bond donors (Lipinski definition) is 1. The predicted octanol–water partition coefficient (Wildman–Crippen LogP) is 1.65. The summed E-state index contributed by atoms with van der Waals surface area (Å²) >= 11 is 0. The van der Waals surface area contributed by atoms with E-state index in [-0.39, 0.29) is 6.42 Å². The molecule has 0 fully saturated rings. The van der Waals surface area contributed by atoms with E-state index in [0.717, 1.165) is 16.3 Å². The number of nitrogens with zero attached hydrogens (tertiary/aromatic N) is 2. The number of rotatable bonds is 3. The molecular weight excluding hydrogens is 192 g/mol. The summed E-state index contributed by atoms with van der Waals surface area (Å²) in [7, 11) is 0. The first kappa shape index (κ1) is 9.58. The highest BCUT2D eigenvalue weighted by Gasteiger charge is 2.03. The molecule has 0 atom stereocenters. The van der Waals surface area contributed by atoms with Crippen molar-refractivity contribution in [3.05, 3.63) is 36.4 Å². The van der Waals surface area contributed by atoms with Crippen molar-refractivity contribution in [1.82, 2.24) is 9.97 Å². The fourth-order valence-corrected chi connectivity index (χ4v) is 1.50. The van der Waals surface area contributed by atoms with Crippen LogP contribution in [0.25, 0.3) is 10.8 Å². The first-order valence-corrected chi connectivity index (χ1v) is 4.66. The molecule has 0 aliphatic rings. The molecule has 0 amide bonds. The third kappa shape index (κ3) is 2.10. The summed E-state index contributed by atoms with van der Waals surface area (Å²) in [6.45, 7) is 0.